The van der Waals surface area contributed by atoms with Crippen LogP contribution in [-0.2, 0) is 0 Å². The Bertz CT molecular complexity index is 196. The molecular formula is C14H29N3. The highest BCUT2D eigenvalue weighted by molar-refractivity contribution is 4.75. The number of hydrogen-bond acceptors (Lipinski definition) is 3. The Balaban J connectivity index is 1.52. The summed E-state index contributed by atoms with van der Waals surface area (Å²) in [7, 11) is 2.28. The molecule has 2 rings (SSSR count). The predicted octanol–water partition coefficient (Wildman–Crippen LogP) is 1.55. The van der Waals surface area contributed by atoms with Crippen LogP contribution in [0, 0.1) is 0 Å². The molecule has 3 nitrogen and oxygen atoms in total. The number of rotatable bonds is 6. The summed E-state index contributed by atoms with van der Waals surface area (Å²) >= 11 is 0. The fraction of sp³-hybridized carbons (Fsp3) is 1.00. The van der Waals surface area contributed by atoms with Crippen LogP contribution < -0.4 is 5.32 Å². The molecule has 0 aromatic carbocycles. The standard InChI is InChI=1S/C14H29N3/c1-16(13-14-7-2-3-8-15-14)9-6-12-17-10-4-5-11-17/h14-15H,2-13H2,1H3. The van der Waals surface area contributed by atoms with Gasteiger partial charge in [0, 0.05) is 12.6 Å². The summed E-state index contributed by atoms with van der Waals surface area (Å²) in [6.45, 7) is 7.71. The molecule has 3 heteroatoms. The van der Waals surface area contributed by atoms with Gasteiger partial charge < -0.3 is 15.1 Å². The van der Waals surface area contributed by atoms with Gasteiger partial charge in [0.15, 0.2) is 0 Å². The van der Waals surface area contributed by atoms with Crippen molar-refractivity contribution in [3.8, 4) is 0 Å². The van der Waals surface area contributed by atoms with Crippen molar-refractivity contribution in [3.63, 3.8) is 0 Å². The van der Waals surface area contributed by atoms with Crippen molar-refractivity contribution in [1.82, 2.24) is 15.1 Å². The van der Waals surface area contributed by atoms with Gasteiger partial charge in [-0.25, -0.2) is 0 Å². The topological polar surface area (TPSA) is 18.5 Å². The highest BCUT2D eigenvalue weighted by atomic mass is 15.2. The number of likely N-dealkylation sites (N-methyl/N-ethyl adjacent to an activating group) is 1. The first-order valence-electron chi connectivity index (χ1n) is 7.49. The maximum atomic E-state index is 3.63. The number of nitrogens with zero attached hydrogens (tertiary/aromatic N) is 2. The van der Waals surface area contributed by atoms with E-state index in [0.717, 1.165) is 6.04 Å². The van der Waals surface area contributed by atoms with Gasteiger partial charge in [-0.15, -0.1) is 0 Å². The first-order chi connectivity index (χ1) is 8.34. The zero-order valence-electron chi connectivity index (χ0n) is 11.5. The number of likely N-dealkylation sites (tertiary alicyclic amines) is 1. The van der Waals surface area contributed by atoms with Crippen molar-refractivity contribution < 1.29 is 0 Å². The lowest BCUT2D eigenvalue weighted by molar-refractivity contribution is 0.242. The molecule has 0 radical (unpaired) electrons. The fourth-order valence-corrected chi connectivity index (χ4v) is 3.12. The lowest BCUT2D eigenvalue weighted by Crippen LogP contribution is -2.42. The Labute approximate surface area is 107 Å². The van der Waals surface area contributed by atoms with E-state index in [4.69, 9.17) is 0 Å². The number of hydrogen-bond donors (Lipinski definition) is 1. The molecular weight excluding hydrogens is 210 g/mol. The Morgan fingerprint density at radius 3 is 2.71 bits per heavy atom. The summed E-state index contributed by atoms with van der Waals surface area (Å²) in [5.74, 6) is 0. The normalized spacial score (nSPS) is 26.8. The Hall–Kier alpha value is -0.120. The van der Waals surface area contributed by atoms with Gasteiger partial charge in [0.1, 0.15) is 0 Å². The average Bonchev–Trinajstić information content (AvgIpc) is 2.83. The molecule has 0 saturated carbocycles. The third kappa shape index (κ3) is 4.94. The van der Waals surface area contributed by atoms with Crippen LogP contribution in [0.2, 0.25) is 0 Å². The van der Waals surface area contributed by atoms with Crippen LogP contribution in [0.3, 0.4) is 0 Å². The lowest BCUT2D eigenvalue weighted by atomic mass is 10.0. The molecule has 0 aromatic heterocycles. The zero-order chi connectivity index (χ0) is 11.9. The van der Waals surface area contributed by atoms with Crippen LogP contribution in [0.4, 0.5) is 0 Å². The van der Waals surface area contributed by atoms with Gasteiger partial charge in [-0.3, -0.25) is 0 Å². The van der Waals surface area contributed by atoms with Crippen LogP contribution in [0.15, 0.2) is 0 Å². The maximum absolute atomic E-state index is 3.63. The molecule has 1 atom stereocenters. The lowest BCUT2D eigenvalue weighted by Gasteiger charge is -2.28. The number of nitrogens with one attached hydrogen (secondary N) is 1. The minimum absolute atomic E-state index is 0.750. The second kappa shape index (κ2) is 7.34. The monoisotopic (exact) mass is 239 g/mol. The van der Waals surface area contributed by atoms with Crippen LogP contribution in [0.25, 0.3) is 0 Å². The van der Waals surface area contributed by atoms with Gasteiger partial charge >= 0.3 is 0 Å². The van der Waals surface area contributed by atoms with Crippen molar-refractivity contribution in [2.75, 3.05) is 46.3 Å². The van der Waals surface area contributed by atoms with Gasteiger partial charge in [-0.1, -0.05) is 6.42 Å². The molecule has 2 aliphatic rings. The second-order valence-electron chi connectivity index (χ2n) is 5.81. The SMILES string of the molecule is CN(CCCN1CCCC1)CC1CCCCN1. The van der Waals surface area contributed by atoms with E-state index in [1.54, 1.807) is 0 Å². The summed E-state index contributed by atoms with van der Waals surface area (Å²) in [6, 6.07) is 0.750. The minimum Gasteiger partial charge on any atom is -0.313 e. The highest BCUT2D eigenvalue weighted by Gasteiger charge is 2.15. The minimum atomic E-state index is 0.750. The van der Waals surface area contributed by atoms with E-state index in [2.05, 4.69) is 22.2 Å². The number of piperidine rings is 1. The first kappa shape index (κ1) is 13.3. The smallest absolute Gasteiger partial charge is 0.0194 e. The van der Waals surface area contributed by atoms with E-state index in [0.29, 0.717) is 0 Å². The molecule has 2 saturated heterocycles. The molecule has 2 fully saturated rings. The van der Waals surface area contributed by atoms with Crippen LogP contribution >= 0.6 is 0 Å². The van der Waals surface area contributed by atoms with E-state index >= 15 is 0 Å². The molecule has 0 amide bonds. The van der Waals surface area contributed by atoms with Crippen molar-refractivity contribution >= 4 is 0 Å². The third-order valence-corrected chi connectivity index (χ3v) is 4.16. The van der Waals surface area contributed by atoms with Crippen molar-refractivity contribution in [1.29, 1.82) is 0 Å². The molecule has 2 aliphatic heterocycles. The summed E-state index contributed by atoms with van der Waals surface area (Å²) in [6.07, 6.45) is 8.33. The summed E-state index contributed by atoms with van der Waals surface area (Å²) in [5, 5.41) is 3.63. The maximum Gasteiger partial charge on any atom is 0.0194 e. The van der Waals surface area contributed by atoms with Gasteiger partial charge in [0.2, 0.25) is 0 Å². The summed E-state index contributed by atoms with van der Waals surface area (Å²) in [4.78, 5) is 5.13. The molecule has 1 N–H and O–H groups in total. The van der Waals surface area contributed by atoms with Gasteiger partial charge in [-0.2, -0.15) is 0 Å². The van der Waals surface area contributed by atoms with Crippen molar-refractivity contribution in [2.45, 2.75) is 44.6 Å². The molecule has 0 aliphatic carbocycles. The van der Waals surface area contributed by atoms with E-state index in [9.17, 15) is 0 Å². The van der Waals surface area contributed by atoms with Gasteiger partial charge in [-0.05, 0) is 71.9 Å². The van der Waals surface area contributed by atoms with Crippen LogP contribution in [0.1, 0.15) is 38.5 Å². The predicted molar refractivity (Wildman–Crippen MR) is 73.4 cm³/mol. The van der Waals surface area contributed by atoms with Crippen LogP contribution in [-0.4, -0.2) is 62.2 Å². The largest absolute Gasteiger partial charge is 0.313 e. The summed E-state index contributed by atoms with van der Waals surface area (Å²) < 4.78 is 0. The van der Waals surface area contributed by atoms with Crippen molar-refractivity contribution in [2.24, 2.45) is 0 Å². The average molecular weight is 239 g/mol. The third-order valence-electron chi connectivity index (χ3n) is 4.16. The quantitative estimate of drug-likeness (QED) is 0.758. The summed E-state index contributed by atoms with van der Waals surface area (Å²) in [5.41, 5.74) is 0. The van der Waals surface area contributed by atoms with E-state index in [1.807, 2.05) is 0 Å². The Morgan fingerprint density at radius 1 is 1.18 bits per heavy atom. The molecule has 2 heterocycles. The highest BCUT2D eigenvalue weighted by Crippen LogP contribution is 2.09. The molecule has 0 bridgehead atoms. The Morgan fingerprint density at radius 2 is 2.00 bits per heavy atom. The second-order valence-corrected chi connectivity index (χ2v) is 5.81. The van der Waals surface area contributed by atoms with Crippen molar-refractivity contribution in [3.05, 3.63) is 0 Å². The van der Waals surface area contributed by atoms with Gasteiger partial charge in [0.25, 0.3) is 0 Å². The van der Waals surface area contributed by atoms with E-state index < -0.39 is 0 Å². The zero-order valence-corrected chi connectivity index (χ0v) is 11.5. The van der Waals surface area contributed by atoms with Crippen LogP contribution in [0.5, 0.6) is 0 Å². The first-order valence-corrected chi connectivity index (χ1v) is 7.49. The fourth-order valence-electron chi connectivity index (χ4n) is 3.12. The van der Waals surface area contributed by atoms with E-state index in [-0.39, 0.29) is 0 Å². The molecule has 0 aromatic rings. The van der Waals surface area contributed by atoms with E-state index in [1.165, 1.54) is 77.8 Å². The molecule has 17 heavy (non-hydrogen) atoms. The molecule has 0 spiro atoms. The Kier molecular flexibility index (Phi) is 5.75. The molecule has 1 unspecified atom stereocenters. The van der Waals surface area contributed by atoms with Gasteiger partial charge in [0.05, 0.1) is 0 Å². The molecule has 100 valence electrons.